The first-order chi connectivity index (χ1) is 8.42. The highest BCUT2D eigenvalue weighted by molar-refractivity contribution is 5.28. The van der Waals surface area contributed by atoms with Gasteiger partial charge in [-0.2, -0.15) is 13.2 Å². The van der Waals surface area contributed by atoms with Gasteiger partial charge in [0.1, 0.15) is 5.75 Å². The van der Waals surface area contributed by atoms with E-state index in [9.17, 15) is 13.2 Å². The number of ether oxygens (including phenoxy) is 1. The lowest BCUT2D eigenvalue weighted by Gasteiger charge is -2.11. The first-order valence-corrected chi connectivity index (χ1v) is 5.97. The highest BCUT2D eigenvalue weighted by atomic mass is 19.4. The lowest BCUT2D eigenvalue weighted by atomic mass is 10.1. The molecule has 1 aromatic rings. The van der Waals surface area contributed by atoms with Gasteiger partial charge in [-0.3, -0.25) is 0 Å². The molecule has 0 fully saturated rings. The van der Waals surface area contributed by atoms with Crippen LogP contribution in [0.25, 0.3) is 0 Å². The summed E-state index contributed by atoms with van der Waals surface area (Å²) in [5, 5.41) is 0. The Bertz CT molecular complexity index is 348. The van der Waals surface area contributed by atoms with Crippen molar-refractivity contribution >= 4 is 0 Å². The van der Waals surface area contributed by atoms with Crippen LogP contribution >= 0.6 is 0 Å². The molecule has 5 heteroatoms. The molecule has 1 atom stereocenters. The van der Waals surface area contributed by atoms with Gasteiger partial charge in [-0.05, 0) is 30.5 Å². The van der Waals surface area contributed by atoms with Gasteiger partial charge < -0.3 is 10.5 Å². The van der Waals surface area contributed by atoms with Gasteiger partial charge in [-0.15, -0.1) is 0 Å². The molecule has 1 aromatic carbocycles. The second-order valence-electron chi connectivity index (χ2n) is 4.15. The Morgan fingerprint density at radius 2 is 1.83 bits per heavy atom. The summed E-state index contributed by atoms with van der Waals surface area (Å²) < 4.78 is 40.9. The third kappa shape index (κ3) is 5.40. The molecule has 0 amide bonds. The molecule has 0 aliphatic carbocycles. The fourth-order valence-electron chi connectivity index (χ4n) is 1.51. The zero-order valence-corrected chi connectivity index (χ0v) is 10.3. The molecule has 2 nitrogen and oxygen atoms in total. The van der Waals surface area contributed by atoms with E-state index in [-0.39, 0.29) is 19.1 Å². The summed E-state index contributed by atoms with van der Waals surface area (Å²) in [6.07, 6.45) is -4.11. The van der Waals surface area contributed by atoms with Crippen LogP contribution in [0.4, 0.5) is 13.2 Å². The molecular weight excluding hydrogens is 243 g/mol. The monoisotopic (exact) mass is 261 g/mol. The molecule has 0 aliphatic rings. The van der Waals surface area contributed by atoms with Crippen LogP contribution in [0, 0.1) is 0 Å². The Hall–Kier alpha value is -1.23. The van der Waals surface area contributed by atoms with Gasteiger partial charge >= 0.3 is 6.18 Å². The van der Waals surface area contributed by atoms with Crippen molar-refractivity contribution in [3.05, 3.63) is 29.8 Å². The topological polar surface area (TPSA) is 35.2 Å². The van der Waals surface area contributed by atoms with Gasteiger partial charge in [-0.25, -0.2) is 0 Å². The number of alkyl halides is 3. The quantitative estimate of drug-likeness (QED) is 0.790. The van der Waals surface area contributed by atoms with Crippen LogP contribution in [0.1, 0.15) is 37.8 Å². The van der Waals surface area contributed by atoms with Crippen molar-refractivity contribution in [2.24, 2.45) is 5.73 Å². The minimum absolute atomic E-state index is 0.00993. The predicted molar refractivity (Wildman–Crippen MR) is 64.4 cm³/mol. The minimum Gasteiger partial charge on any atom is -0.494 e. The Morgan fingerprint density at radius 1 is 1.22 bits per heavy atom. The molecule has 102 valence electrons. The van der Waals surface area contributed by atoms with Crippen LogP contribution in [0.3, 0.4) is 0 Å². The van der Waals surface area contributed by atoms with E-state index in [0.717, 1.165) is 12.0 Å². The van der Waals surface area contributed by atoms with E-state index >= 15 is 0 Å². The smallest absolute Gasteiger partial charge is 0.389 e. The lowest BCUT2D eigenvalue weighted by Crippen LogP contribution is -2.10. The maximum absolute atomic E-state index is 11.9. The van der Waals surface area contributed by atoms with E-state index in [2.05, 4.69) is 0 Å². The Kier molecular flexibility index (Phi) is 5.47. The van der Waals surface area contributed by atoms with E-state index in [1.54, 1.807) is 12.1 Å². The minimum atomic E-state index is -4.11. The molecular formula is C13H18F3NO. The summed E-state index contributed by atoms with van der Waals surface area (Å²) >= 11 is 0. The zero-order valence-electron chi connectivity index (χ0n) is 10.3. The van der Waals surface area contributed by atoms with Gasteiger partial charge in [0, 0.05) is 12.5 Å². The number of benzene rings is 1. The Morgan fingerprint density at radius 3 is 2.33 bits per heavy atom. The maximum Gasteiger partial charge on any atom is 0.389 e. The number of halogens is 3. The van der Waals surface area contributed by atoms with Crippen molar-refractivity contribution in [1.82, 2.24) is 0 Å². The SMILES string of the molecule is CCC(N)c1ccc(OCCCC(F)(F)F)cc1. The second-order valence-corrected chi connectivity index (χ2v) is 4.15. The average Bonchev–Trinajstić information content (AvgIpc) is 2.33. The average molecular weight is 261 g/mol. The predicted octanol–water partition coefficient (Wildman–Crippen LogP) is 3.82. The number of hydrogen-bond donors (Lipinski definition) is 1. The third-order valence-electron chi connectivity index (χ3n) is 2.62. The molecule has 1 rings (SSSR count). The van der Waals surface area contributed by atoms with Crippen molar-refractivity contribution in [2.75, 3.05) is 6.61 Å². The summed E-state index contributed by atoms with van der Waals surface area (Å²) in [7, 11) is 0. The molecule has 0 saturated heterocycles. The number of hydrogen-bond acceptors (Lipinski definition) is 2. The van der Waals surface area contributed by atoms with Gasteiger partial charge in [0.15, 0.2) is 0 Å². The first kappa shape index (κ1) is 14.8. The Labute approximate surface area is 105 Å². The molecule has 2 N–H and O–H groups in total. The van der Waals surface area contributed by atoms with Crippen LogP contribution in [0.2, 0.25) is 0 Å². The number of rotatable bonds is 6. The van der Waals surface area contributed by atoms with Crippen LogP contribution in [-0.2, 0) is 0 Å². The van der Waals surface area contributed by atoms with Gasteiger partial charge in [0.05, 0.1) is 6.61 Å². The van der Waals surface area contributed by atoms with E-state index in [1.807, 2.05) is 19.1 Å². The van der Waals surface area contributed by atoms with Crippen molar-refractivity contribution < 1.29 is 17.9 Å². The highest BCUT2D eigenvalue weighted by Crippen LogP contribution is 2.22. The van der Waals surface area contributed by atoms with Crippen molar-refractivity contribution in [3.8, 4) is 5.75 Å². The summed E-state index contributed by atoms with van der Waals surface area (Å²) in [5.41, 5.74) is 6.85. The fourth-order valence-corrected chi connectivity index (χ4v) is 1.51. The summed E-state index contributed by atoms with van der Waals surface area (Å²) in [6.45, 7) is 2.06. The van der Waals surface area contributed by atoms with Crippen LogP contribution in [0.5, 0.6) is 5.75 Å². The van der Waals surface area contributed by atoms with Crippen molar-refractivity contribution in [3.63, 3.8) is 0 Å². The van der Waals surface area contributed by atoms with Crippen LogP contribution < -0.4 is 10.5 Å². The van der Waals surface area contributed by atoms with Crippen molar-refractivity contribution in [2.45, 2.75) is 38.4 Å². The normalized spacial score (nSPS) is 13.4. The fraction of sp³-hybridized carbons (Fsp3) is 0.538. The summed E-state index contributed by atoms with van der Waals surface area (Å²) in [5.74, 6) is 0.573. The molecule has 0 bridgehead atoms. The molecule has 0 saturated carbocycles. The Balaban J connectivity index is 2.35. The molecule has 0 aliphatic heterocycles. The molecule has 1 unspecified atom stereocenters. The first-order valence-electron chi connectivity index (χ1n) is 5.97. The molecule has 18 heavy (non-hydrogen) atoms. The summed E-state index contributed by atoms with van der Waals surface area (Å²) in [4.78, 5) is 0. The van der Waals surface area contributed by atoms with E-state index < -0.39 is 12.6 Å². The number of nitrogens with two attached hydrogens (primary N) is 1. The maximum atomic E-state index is 11.9. The van der Waals surface area contributed by atoms with Crippen LogP contribution in [-0.4, -0.2) is 12.8 Å². The van der Waals surface area contributed by atoms with Crippen molar-refractivity contribution in [1.29, 1.82) is 0 Å². The zero-order chi connectivity index (χ0) is 13.6. The molecule has 0 aromatic heterocycles. The molecule has 0 spiro atoms. The highest BCUT2D eigenvalue weighted by Gasteiger charge is 2.26. The molecule has 0 radical (unpaired) electrons. The lowest BCUT2D eigenvalue weighted by molar-refractivity contribution is -0.136. The molecule has 0 heterocycles. The van der Waals surface area contributed by atoms with E-state index in [1.165, 1.54) is 0 Å². The van der Waals surface area contributed by atoms with E-state index in [4.69, 9.17) is 10.5 Å². The van der Waals surface area contributed by atoms with Crippen LogP contribution in [0.15, 0.2) is 24.3 Å². The van der Waals surface area contributed by atoms with Gasteiger partial charge in [-0.1, -0.05) is 19.1 Å². The van der Waals surface area contributed by atoms with E-state index in [0.29, 0.717) is 5.75 Å². The summed E-state index contributed by atoms with van der Waals surface area (Å²) in [6, 6.07) is 7.14. The standard InChI is InChI=1S/C13H18F3NO/c1-2-12(17)10-4-6-11(7-5-10)18-9-3-8-13(14,15)16/h4-7,12H,2-3,8-9,17H2,1H3. The van der Waals surface area contributed by atoms with Gasteiger partial charge in [0.25, 0.3) is 0 Å². The van der Waals surface area contributed by atoms with Gasteiger partial charge in [0.2, 0.25) is 0 Å². The second kappa shape index (κ2) is 6.64. The largest absolute Gasteiger partial charge is 0.494 e. The third-order valence-corrected chi connectivity index (χ3v) is 2.62.